The van der Waals surface area contributed by atoms with Gasteiger partial charge >= 0.3 is 0 Å². The molecule has 5 heteroatoms. The zero-order chi connectivity index (χ0) is 15.6. The van der Waals surface area contributed by atoms with E-state index in [9.17, 15) is 4.79 Å². The zero-order valence-corrected chi connectivity index (χ0v) is 13.6. The van der Waals surface area contributed by atoms with Crippen LogP contribution in [0.3, 0.4) is 0 Å². The number of carbonyl (C=O) groups excluding carboxylic acids is 1. The Morgan fingerprint density at radius 3 is 2.48 bits per heavy atom. The number of likely N-dealkylation sites (N-methyl/N-ethyl adjacent to an activating group) is 1. The normalized spacial score (nSPS) is 15.7. The van der Waals surface area contributed by atoms with Crippen LogP contribution in [0.15, 0.2) is 0 Å². The predicted octanol–water partition coefficient (Wildman–Crippen LogP) is 0.129. The average Bonchev–Trinajstić information content (AvgIpc) is 2.50. The molecule has 0 radical (unpaired) electrons. The second-order valence-electron chi connectivity index (χ2n) is 5.03. The summed E-state index contributed by atoms with van der Waals surface area (Å²) in [5.74, 6) is 18.2. The maximum Gasteiger partial charge on any atom is 0.231 e. The lowest BCUT2D eigenvalue weighted by molar-refractivity contribution is -0.912. The van der Waals surface area contributed by atoms with Gasteiger partial charge in [-0.05, 0) is 35.5 Å². The highest BCUT2D eigenvalue weighted by Crippen LogP contribution is 2.16. The molecular formula is C16H19BN2OP+. The van der Waals surface area contributed by atoms with Gasteiger partial charge in [0.1, 0.15) is 7.57 Å². The number of rotatable bonds is 3. The number of carbonyl (C=O) groups is 1. The summed E-state index contributed by atoms with van der Waals surface area (Å²) in [6.45, 7) is 4.69. The summed E-state index contributed by atoms with van der Waals surface area (Å²) in [7, 11) is 4.53. The van der Waals surface area contributed by atoms with Crippen molar-refractivity contribution in [2.75, 3.05) is 39.8 Å². The number of nitrogens with zero attached hydrogens (tertiary/aromatic N) is 2. The third kappa shape index (κ3) is 6.43. The summed E-state index contributed by atoms with van der Waals surface area (Å²) in [6.07, 6.45) is 5.77. The van der Waals surface area contributed by atoms with Crippen LogP contribution in [0.5, 0.6) is 0 Å². The first-order valence-corrected chi connectivity index (χ1v) is 8.35. The Labute approximate surface area is 130 Å². The molecule has 0 aliphatic carbocycles. The highest BCUT2D eigenvalue weighted by atomic mass is 31.1. The number of hydrogen-bond acceptors (Lipinski definition) is 1. The van der Waals surface area contributed by atoms with Crippen LogP contribution in [0.25, 0.3) is 0 Å². The molecule has 1 fully saturated rings. The van der Waals surface area contributed by atoms with Crippen LogP contribution in [0.4, 0.5) is 4.79 Å². The second-order valence-corrected chi connectivity index (χ2v) is 5.96. The van der Waals surface area contributed by atoms with Gasteiger partial charge in [-0.25, -0.2) is 0 Å². The highest BCUT2D eigenvalue weighted by Gasteiger charge is 2.29. The molecule has 1 atom stereocenters. The number of quaternary nitrogens is 1. The Morgan fingerprint density at radius 2 is 1.86 bits per heavy atom. The molecule has 1 aliphatic heterocycles. The van der Waals surface area contributed by atoms with Crippen molar-refractivity contribution in [2.45, 2.75) is 6.42 Å². The smallest absolute Gasteiger partial charge is 0.231 e. The fraction of sp³-hybridized carbons (Fsp3) is 0.438. The molecular weight excluding hydrogens is 278 g/mol. The summed E-state index contributed by atoms with van der Waals surface area (Å²) in [5, 5.41) is 0. The van der Waals surface area contributed by atoms with Gasteiger partial charge in [-0.3, -0.25) is 4.79 Å². The van der Waals surface area contributed by atoms with Crippen molar-refractivity contribution < 1.29 is 9.28 Å². The minimum Gasteiger partial charge on any atom is -0.329 e. The minimum absolute atomic E-state index is 0.282. The first-order valence-electron chi connectivity index (χ1n) is 6.85. The third-order valence-corrected chi connectivity index (χ3v) is 4.25. The Kier molecular flexibility index (Phi) is 7.51. The molecule has 0 spiro atoms. The van der Waals surface area contributed by atoms with Gasteiger partial charge in [0.25, 0.3) is 0 Å². The molecule has 0 saturated carbocycles. The Morgan fingerprint density at radius 1 is 1.24 bits per heavy atom. The van der Waals surface area contributed by atoms with E-state index in [1.54, 1.807) is 0 Å². The highest BCUT2D eigenvalue weighted by molar-refractivity contribution is 7.80. The van der Waals surface area contributed by atoms with Crippen molar-refractivity contribution in [1.82, 2.24) is 4.90 Å². The van der Waals surface area contributed by atoms with Gasteiger partial charge in [0.05, 0.1) is 46.2 Å². The fourth-order valence-corrected chi connectivity index (χ4v) is 2.63. The largest absolute Gasteiger partial charge is 0.329 e. The summed E-state index contributed by atoms with van der Waals surface area (Å²) < 4.78 is 0.968. The van der Waals surface area contributed by atoms with E-state index in [1.165, 1.54) is 0 Å². The number of piperazine rings is 1. The van der Waals surface area contributed by atoms with Crippen molar-refractivity contribution in [3.05, 3.63) is 0 Å². The average molecular weight is 297 g/mol. The second kappa shape index (κ2) is 9.17. The molecule has 0 aromatic heterocycles. The van der Waals surface area contributed by atoms with Crippen LogP contribution in [0.1, 0.15) is 6.42 Å². The van der Waals surface area contributed by atoms with Gasteiger partial charge in [0, 0.05) is 0 Å². The first kappa shape index (κ1) is 17.2. The Bertz CT molecular complexity index is 596. The molecule has 1 amide bonds. The molecule has 1 aliphatic rings. The summed E-state index contributed by atoms with van der Waals surface area (Å²) in [5.41, 5.74) is 0.282. The van der Waals surface area contributed by atoms with Gasteiger partial charge in [-0.2, -0.15) is 0 Å². The van der Waals surface area contributed by atoms with E-state index in [0.29, 0.717) is 8.46 Å². The molecule has 0 aromatic carbocycles. The Balaban J connectivity index is 2.36. The molecule has 0 N–H and O–H groups in total. The molecule has 1 unspecified atom stereocenters. The van der Waals surface area contributed by atoms with Gasteiger partial charge < -0.3 is 9.38 Å². The first-order chi connectivity index (χ1) is 10.1. The molecule has 1 saturated heterocycles. The van der Waals surface area contributed by atoms with Crippen molar-refractivity contribution >= 4 is 21.7 Å². The zero-order valence-electron chi connectivity index (χ0n) is 12.6. The van der Waals surface area contributed by atoms with Crippen LogP contribution < -0.4 is 0 Å². The lowest BCUT2D eigenvalue weighted by atomic mass is 10.2. The number of terminal acetylenes is 1. The van der Waals surface area contributed by atoms with Crippen molar-refractivity contribution in [3.8, 4) is 47.9 Å². The maximum atomic E-state index is 11.7. The van der Waals surface area contributed by atoms with Crippen molar-refractivity contribution in [3.63, 3.8) is 0 Å². The quantitative estimate of drug-likeness (QED) is 0.314. The van der Waals surface area contributed by atoms with Gasteiger partial charge in [-0.1, -0.05) is 14.4 Å². The lowest BCUT2D eigenvalue weighted by Crippen LogP contribution is -2.58. The monoisotopic (exact) mass is 297 g/mol. The number of hydrogen-bond donors (Lipinski definition) is 0. The van der Waals surface area contributed by atoms with E-state index in [4.69, 9.17) is 6.42 Å². The standard InChI is InChI=1S/C16H19BN2OP/c1-3-4-5-6-7-8-9-10-13-19(2)14-11-18(12-15-19)16(20)21-17/h1,21H,10-15,17H2,2H3/q+1. The molecule has 1 rings (SSSR count). The van der Waals surface area contributed by atoms with Crippen LogP contribution >= 0.6 is 8.46 Å². The topological polar surface area (TPSA) is 20.3 Å². The maximum absolute atomic E-state index is 11.7. The molecule has 106 valence electrons. The SMILES string of the molecule is BPC(=O)N1CC[N+](C)(CCC#CC#CC#CC#C)CC1. The molecule has 0 bridgehead atoms. The van der Waals surface area contributed by atoms with E-state index in [0.717, 1.165) is 43.6 Å². The third-order valence-electron chi connectivity index (χ3n) is 3.51. The molecule has 21 heavy (non-hydrogen) atoms. The van der Waals surface area contributed by atoms with E-state index in [1.807, 2.05) is 12.5 Å². The summed E-state index contributed by atoms with van der Waals surface area (Å²) in [4.78, 5) is 13.6. The molecule has 3 nitrogen and oxygen atoms in total. The van der Waals surface area contributed by atoms with E-state index < -0.39 is 0 Å². The van der Waals surface area contributed by atoms with Crippen LogP contribution in [0, 0.1) is 47.9 Å². The van der Waals surface area contributed by atoms with Gasteiger partial charge in [0.15, 0.2) is 0 Å². The molecule has 0 aromatic rings. The predicted molar refractivity (Wildman–Crippen MR) is 91.4 cm³/mol. The van der Waals surface area contributed by atoms with Crippen LogP contribution in [0.2, 0.25) is 0 Å². The summed E-state index contributed by atoms with van der Waals surface area (Å²) in [6, 6.07) is 0. The van der Waals surface area contributed by atoms with E-state index in [-0.39, 0.29) is 5.65 Å². The number of amides is 1. The van der Waals surface area contributed by atoms with Crippen molar-refractivity contribution in [2.24, 2.45) is 0 Å². The Hall–Kier alpha value is -1.84. The summed E-state index contributed by atoms with van der Waals surface area (Å²) >= 11 is 0. The van der Waals surface area contributed by atoms with Crippen molar-refractivity contribution in [1.29, 1.82) is 0 Å². The van der Waals surface area contributed by atoms with E-state index in [2.05, 4.69) is 48.5 Å². The minimum atomic E-state index is 0.282. The fourth-order valence-electron chi connectivity index (χ4n) is 2.10. The van der Waals surface area contributed by atoms with Gasteiger partial charge in [0.2, 0.25) is 5.65 Å². The van der Waals surface area contributed by atoms with Gasteiger partial charge in [-0.15, -0.1) is 6.42 Å². The van der Waals surface area contributed by atoms with Crippen LogP contribution in [-0.4, -0.2) is 62.4 Å². The molecule has 1 heterocycles. The van der Waals surface area contributed by atoms with E-state index >= 15 is 0 Å². The van der Waals surface area contributed by atoms with Crippen LogP contribution in [-0.2, 0) is 0 Å². The lowest BCUT2D eigenvalue weighted by Gasteiger charge is -2.41.